The van der Waals surface area contributed by atoms with Gasteiger partial charge in [-0.15, -0.1) is 11.8 Å². The van der Waals surface area contributed by atoms with Gasteiger partial charge in [0.25, 0.3) is 5.91 Å². The fourth-order valence-corrected chi connectivity index (χ4v) is 5.17. The molecular formula is C21H25N3O5S2. The monoisotopic (exact) mass is 463 g/mol. The summed E-state index contributed by atoms with van der Waals surface area (Å²) in [4.78, 5) is 26.9. The van der Waals surface area contributed by atoms with E-state index >= 15 is 0 Å². The Morgan fingerprint density at radius 3 is 2.29 bits per heavy atom. The molecule has 166 valence electrons. The number of anilines is 1. The molecule has 0 aromatic heterocycles. The number of benzene rings is 2. The van der Waals surface area contributed by atoms with Crippen molar-refractivity contribution in [2.45, 2.75) is 16.7 Å². The van der Waals surface area contributed by atoms with Gasteiger partial charge in [0, 0.05) is 36.6 Å². The fourth-order valence-electron chi connectivity index (χ4n) is 3.20. The zero-order valence-electron chi connectivity index (χ0n) is 17.4. The molecule has 1 aliphatic heterocycles. The van der Waals surface area contributed by atoms with Gasteiger partial charge in [0.15, 0.2) is 0 Å². The van der Waals surface area contributed by atoms with Crippen LogP contribution < -0.4 is 5.32 Å². The number of para-hydroxylation sites is 1. The van der Waals surface area contributed by atoms with Gasteiger partial charge in [0.2, 0.25) is 10.0 Å². The van der Waals surface area contributed by atoms with E-state index in [9.17, 15) is 18.0 Å². The van der Waals surface area contributed by atoms with Gasteiger partial charge < -0.3 is 15.0 Å². The molecule has 0 aliphatic carbocycles. The predicted molar refractivity (Wildman–Crippen MR) is 120 cm³/mol. The van der Waals surface area contributed by atoms with E-state index in [1.807, 2.05) is 30.5 Å². The first-order chi connectivity index (χ1) is 14.9. The summed E-state index contributed by atoms with van der Waals surface area (Å²) < 4.78 is 32.2. The van der Waals surface area contributed by atoms with Gasteiger partial charge in [0.05, 0.1) is 17.2 Å². The normalized spacial score (nSPS) is 14.8. The molecule has 0 bridgehead atoms. The van der Waals surface area contributed by atoms with E-state index < -0.39 is 16.1 Å². The van der Waals surface area contributed by atoms with Crippen LogP contribution in [-0.2, 0) is 14.8 Å². The second-order valence-corrected chi connectivity index (χ2v) is 9.55. The second-order valence-electron chi connectivity index (χ2n) is 6.77. The summed E-state index contributed by atoms with van der Waals surface area (Å²) in [5.41, 5.74) is 1.07. The van der Waals surface area contributed by atoms with Crippen molar-refractivity contribution in [1.82, 2.24) is 9.21 Å². The largest absolute Gasteiger partial charge is 0.450 e. The van der Waals surface area contributed by atoms with E-state index in [1.165, 1.54) is 45.2 Å². The van der Waals surface area contributed by atoms with Crippen molar-refractivity contribution >= 4 is 39.5 Å². The number of nitrogens with one attached hydrogen (secondary N) is 1. The van der Waals surface area contributed by atoms with Crippen LogP contribution >= 0.6 is 11.8 Å². The number of nitrogens with zero attached hydrogens (tertiary/aromatic N) is 2. The molecule has 1 saturated heterocycles. The average molecular weight is 464 g/mol. The van der Waals surface area contributed by atoms with Crippen LogP contribution in [0.5, 0.6) is 0 Å². The Hall–Kier alpha value is -2.56. The van der Waals surface area contributed by atoms with Crippen LogP contribution in [0.4, 0.5) is 10.5 Å². The summed E-state index contributed by atoms with van der Waals surface area (Å²) in [6.45, 7) is 2.93. The Morgan fingerprint density at radius 1 is 1.03 bits per heavy atom. The van der Waals surface area contributed by atoms with Crippen LogP contribution in [0.2, 0.25) is 0 Å². The van der Waals surface area contributed by atoms with Crippen LogP contribution in [0.3, 0.4) is 0 Å². The van der Waals surface area contributed by atoms with E-state index in [1.54, 1.807) is 6.92 Å². The third-order valence-electron chi connectivity index (χ3n) is 4.87. The molecule has 2 amide bonds. The third-order valence-corrected chi connectivity index (χ3v) is 7.58. The van der Waals surface area contributed by atoms with Crippen molar-refractivity contribution in [3.63, 3.8) is 0 Å². The number of sulfonamides is 1. The van der Waals surface area contributed by atoms with Crippen molar-refractivity contribution in [1.29, 1.82) is 0 Å². The molecule has 31 heavy (non-hydrogen) atoms. The molecule has 0 saturated carbocycles. The van der Waals surface area contributed by atoms with Gasteiger partial charge in [-0.2, -0.15) is 4.31 Å². The average Bonchev–Trinajstić information content (AvgIpc) is 2.79. The topological polar surface area (TPSA) is 96.0 Å². The lowest BCUT2D eigenvalue weighted by Crippen LogP contribution is -2.50. The first-order valence-corrected chi connectivity index (χ1v) is 12.5. The summed E-state index contributed by atoms with van der Waals surface area (Å²) in [7, 11) is -3.72. The van der Waals surface area contributed by atoms with Crippen molar-refractivity contribution in [3.05, 3.63) is 54.1 Å². The molecule has 1 fully saturated rings. The Kier molecular flexibility index (Phi) is 7.58. The minimum absolute atomic E-state index is 0.109. The predicted octanol–water partition coefficient (Wildman–Crippen LogP) is 3.12. The van der Waals surface area contributed by atoms with Gasteiger partial charge >= 0.3 is 6.09 Å². The van der Waals surface area contributed by atoms with Gasteiger partial charge in [-0.1, -0.05) is 12.1 Å². The number of rotatable bonds is 6. The van der Waals surface area contributed by atoms with E-state index in [4.69, 9.17) is 4.74 Å². The molecule has 1 N–H and O–H groups in total. The number of amides is 2. The van der Waals surface area contributed by atoms with E-state index in [2.05, 4.69) is 5.32 Å². The van der Waals surface area contributed by atoms with Gasteiger partial charge in [-0.05, 0) is 49.6 Å². The molecule has 2 aromatic carbocycles. The maximum atomic E-state index is 12.9. The van der Waals surface area contributed by atoms with Crippen molar-refractivity contribution in [3.8, 4) is 0 Å². The first kappa shape index (κ1) is 23.1. The number of hydrogen-bond acceptors (Lipinski definition) is 6. The fraction of sp³-hybridized carbons (Fsp3) is 0.333. The standard InChI is InChI=1S/C21H25N3O5S2/c1-3-29-21(26)23-12-14-24(15-13-23)31(27,28)17-10-8-16(9-11-17)20(25)22-18-6-4-5-7-19(18)30-2/h4-11H,3,12-15H2,1-2H3,(H,22,25). The van der Waals surface area contributed by atoms with Gasteiger partial charge in [0.1, 0.15) is 0 Å². The number of ether oxygens (including phenoxy) is 1. The quantitative estimate of drug-likeness (QED) is 0.662. The van der Waals surface area contributed by atoms with E-state index in [0.717, 1.165) is 4.90 Å². The third kappa shape index (κ3) is 5.38. The van der Waals surface area contributed by atoms with E-state index in [0.29, 0.717) is 11.3 Å². The molecule has 1 heterocycles. The zero-order chi connectivity index (χ0) is 22.4. The molecule has 3 rings (SSSR count). The minimum Gasteiger partial charge on any atom is -0.450 e. The second kappa shape index (κ2) is 10.2. The molecule has 1 aliphatic rings. The van der Waals surface area contributed by atoms with Crippen LogP contribution in [0.15, 0.2) is 58.3 Å². The number of piperazine rings is 1. The lowest BCUT2D eigenvalue weighted by atomic mass is 10.2. The van der Waals surface area contributed by atoms with Gasteiger partial charge in [-0.3, -0.25) is 4.79 Å². The molecule has 8 nitrogen and oxygen atoms in total. The van der Waals surface area contributed by atoms with Crippen LogP contribution in [0.25, 0.3) is 0 Å². The molecular weight excluding hydrogens is 438 g/mol. The highest BCUT2D eigenvalue weighted by atomic mass is 32.2. The SMILES string of the molecule is CCOC(=O)N1CCN(S(=O)(=O)c2ccc(C(=O)Nc3ccccc3SC)cc2)CC1. The molecule has 0 spiro atoms. The van der Waals surface area contributed by atoms with Crippen molar-refractivity contribution in [2.75, 3.05) is 44.4 Å². The lowest BCUT2D eigenvalue weighted by Gasteiger charge is -2.33. The number of carbonyl (C=O) groups excluding carboxylic acids is 2. The Morgan fingerprint density at radius 2 is 1.68 bits per heavy atom. The Balaban J connectivity index is 1.66. The van der Waals surface area contributed by atoms with Gasteiger partial charge in [-0.25, -0.2) is 13.2 Å². The lowest BCUT2D eigenvalue weighted by molar-refractivity contribution is 0.0933. The maximum Gasteiger partial charge on any atom is 0.409 e. The summed E-state index contributed by atoms with van der Waals surface area (Å²) in [5.74, 6) is -0.312. The highest BCUT2D eigenvalue weighted by Gasteiger charge is 2.30. The molecule has 0 atom stereocenters. The molecule has 0 radical (unpaired) electrons. The summed E-state index contributed by atoms with van der Waals surface area (Å²) in [6.07, 6.45) is 1.50. The number of hydrogen-bond donors (Lipinski definition) is 1. The van der Waals surface area contributed by atoms with Crippen LogP contribution in [0, 0.1) is 0 Å². The Bertz CT molecular complexity index is 1030. The van der Waals surface area contributed by atoms with Crippen LogP contribution in [0.1, 0.15) is 17.3 Å². The minimum atomic E-state index is -3.72. The van der Waals surface area contributed by atoms with E-state index in [-0.39, 0.29) is 43.6 Å². The maximum absolute atomic E-state index is 12.9. The molecule has 10 heteroatoms. The summed E-state index contributed by atoms with van der Waals surface area (Å²) in [6, 6.07) is 13.3. The van der Waals surface area contributed by atoms with Crippen molar-refractivity contribution in [2.24, 2.45) is 0 Å². The zero-order valence-corrected chi connectivity index (χ0v) is 19.0. The first-order valence-electron chi connectivity index (χ1n) is 9.83. The molecule has 2 aromatic rings. The number of carbonyl (C=O) groups is 2. The highest BCUT2D eigenvalue weighted by molar-refractivity contribution is 7.98. The Labute approximate surface area is 186 Å². The van der Waals surface area contributed by atoms with Crippen molar-refractivity contribution < 1.29 is 22.7 Å². The highest BCUT2D eigenvalue weighted by Crippen LogP contribution is 2.25. The number of thioether (sulfide) groups is 1. The summed E-state index contributed by atoms with van der Waals surface area (Å²) >= 11 is 1.53. The summed E-state index contributed by atoms with van der Waals surface area (Å²) in [5, 5.41) is 2.86. The van der Waals surface area contributed by atoms with Crippen LogP contribution in [-0.4, -0.2) is 68.7 Å². The molecule has 0 unspecified atom stereocenters. The smallest absolute Gasteiger partial charge is 0.409 e.